The van der Waals surface area contributed by atoms with E-state index in [0.717, 1.165) is 25.6 Å². The van der Waals surface area contributed by atoms with Crippen LogP contribution in [0.1, 0.15) is 25.0 Å². The first kappa shape index (κ1) is 20.9. The first-order valence-electron chi connectivity index (χ1n) is 9.15. The SMILES string of the molecule is CCSc1nnc(SC(C)C(=O)N(Cc2ccccc2)Cc2ccccc2)s1. The molecule has 0 saturated heterocycles. The minimum absolute atomic E-state index is 0.109. The molecule has 1 unspecified atom stereocenters. The molecule has 0 bridgehead atoms. The van der Waals surface area contributed by atoms with Crippen molar-refractivity contribution in [2.75, 3.05) is 5.75 Å². The summed E-state index contributed by atoms with van der Waals surface area (Å²) in [5.41, 5.74) is 2.25. The summed E-state index contributed by atoms with van der Waals surface area (Å²) in [7, 11) is 0. The molecule has 1 amide bonds. The highest BCUT2D eigenvalue weighted by Gasteiger charge is 2.23. The molecule has 1 heterocycles. The van der Waals surface area contributed by atoms with E-state index in [4.69, 9.17) is 0 Å². The number of hydrogen-bond donors (Lipinski definition) is 0. The third-order valence-corrected chi connectivity index (χ3v) is 7.14. The number of carbonyl (C=O) groups excluding carboxylic acids is 1. The molecule has 3 rings (SSSR count). The van der Waals surface area contributed by atoms with Crippen LogP contribution in [-0.4, -0.2) is 32.0 Å². The second-order valence-electron chi connectivity index (χ2n) is 6.19. The van der Waals surface area contributed by atoms with Crippen molar-refractivity contribution in [3.8, 4) is 0 Å². The third kappa shape index (κ3) is 6.09. The Kier molecular flexibility index (Phi) is 7.94. The van der Waals surface area contributed by atoms with Gasteiger partial charge in [0, 0.05) is 13.1 Å². The Morgan fingerprint density at radius 3 is 2.04 bits per heavy atom. The van der Waals surface area contributed by atoms with Crippen molar-refractivity contribution >= 4 is 40.8 Å². The molecule has 0 N–H and O–H groups in total. The highest BCUT2D eigenvalue weighted by atomic mass is 32.2. The van der Waals surface area contributed by atoms with Gasteiger partial charge in [0.15, 0.2) is 8.68 Å². The Bertz CT molecular complexity index is 829. The zero-order chi connectivity index (χ0) is 19.8. The summed E-state index contributed by atoms with van der Waals surface area (Å²) in [5, 5.41) is 8.19. The smallest absolute Gasteiger partial charge is 0.236 e. The molecule has 0 radical (unpaired) electrons. The summed E-state index contributed by atoms with van der Waals surface area (Å²) in [6.45, 7) is 5.22. The zero-order valence-corrected chi connectivity index (χ0v) is 18.4. The maximum absolute atomic E-state index is 13.2. The number of carbonyl (C=O) groups is 1. The zero-order valence-electron chi connectivity index (χ0n) is 15.9. The predicted molar refractivity (Wildman–Crippen MR) is 119 cm³/mol. The van der Waals surface area contributed by atoms with Crippen molar-refractivity contribution in [2.24, 2.45) is 0 Å². The van der Waals surface area contributed by atoms with E-state index >= 15 is 0 Å². The normalized spacial score (nSPS) is 11.9. The van der Waals surface area contributed by atoms with Crippen molar-refractivity contribution < 1.29 is 4.79 Å². The summed E-state index contributed by atoms with van der Waals surface area (Å²) in [5.74, 6) is 1.08. The fraction of sp³-hybridized carbons (Fsp3) is 0.286. The van der Waals surface area contributed by atoms with Gasteiger partial charge in [0.1, 0.15) is 0 Å². The minimum atomic E-state index is -0.222. The number of thioether (sulfide) groups is 2. The average Bonchev–Trinajstić information content (AvgIpc) is 3.15. The Labute approximate surface area is 178 Å². The summed E-state index contributed by atoms with van der Waals surface area (Å²) in [4.78, 5) is 15.2. The molecule has 7 heteroatoms. The Morgan fingerprint density at radius 1 is 0.964 bits per heavy atom. The van der Waals surface area contributed by atoms with E-state index in [-0.39, 0.29) is 11.2 Å². The highest BCUT2D eigenvalue weighted by Crippen LogP contribution is 2.32. The Morgan fingerprint density at radius 2 is 1.50 bits per heavy atom. The molecule has 0 spiro atoms. The molecule has 0 fully saturated rings. The quantitative estimate of drug-likeness (QED) is 0.429. The largest absolute Gasteiger partial charge is 0.333 e. The van der Waals surface area contributed by atoms with E-state index in [9.17, 15) is 4.79 Å². The lowest BCUT2D eigenvalue weighted by atomic mass is 10.1. The number of rotatable bonds is 9. The fourth-order valence-corrected chi connectivity index (χ4v) is 5.85. The monoisotopic (exact) mass is 429 g/mol. The minimum Gasteiger partial charge on any atom is -0.333 e. The second kappa shape index (κ2) is 10.6. The molecule has 0 aliphatic rings. The van der Waals surface area contributed by atoms with Crippen LogP contribution in [0.5, 0.6) is 0 Å². The van der Waals surface area contributed by atoms with Crippen LogP contribution in [0, 0.1) is 0 Å². The molecule has 4 nitrogen and oxygen atoms in total. The van der Waals surface area contributed by atoms with Gasteiger partial charge in [0.2, 0.25) is 5.91 Å². The van der Waals surface area contributed by atoms with Gasteiger partial charge in [-0.25, -0.2) is 0 Å². The van der Waals surface area contributed by atoms with Crippen LogP contribution in [0.4, 0.5) is 0 Å². The Balaban J connectivity index is 1.72. The van der Waals surface area contributed by atoms with Crippen LogP contribution >= 0.6 is 34.9 Å². The second-order valence-corrected chi connectivity index (χ2v) is 10.3. The van der Waals surface area contributed by atoms with Crippen molar-refractivity contribution in [3.05, 3.63) is 71.8 Å². The van der Waals surface area contributed by atoms with Gasteiger partial charge in [-0.3, -0.25) is 4.79 Å². The fourth-order valence-electron chi connectivity index (χ4n) is 2.70. The highest BCUT2D eigenvalue weighted by molar-refractivity contribution is 8.03. The standard InChI is InChI=1S/C21H23N3OS3/c1-3-26-20-22-23-21(28-20)27-16(2)19(25)24(14-17-10-6-4-7-11-17)15-18-12-8-5-9-13-18/h4-13,16H,3,14-15H2,1-2H3. The topological polar surface area (TPSA) is 46.1 Å². The van der Waals surface area contributed by atoms with Crippen LogP contribution < -0.4 is 0 Å². The molecule has 0 aliphatic carbocycles. The number of benzene rings is 2. The molecule has 0 aliphatic heterocycles. The van der Waals surface area contributed by atoms with Gasteiger partial charge < -0.3 is 4.90 Å². The van der Waals surface area contributed by atoms with E-state index in [1.165, 1.54) is 11.8 Å². The van der Waals surface area contributed by atoms with Crippen LogP contribution in [0.2, 0.25) is 0 Å². The summed E-state index contributed by atoms with van der Waals surface area (Å²) < 4.78 is 1.80. The summed E-state index contributed by atoms with van der Waals surface area (Å²) in [6, 6.07) is 20.2. The molecule has 2 aromatic carbocycles. The lowest BCUT2D eigenvalue weighted by Gasteiger charge is -2.25. The lowest BCUT2D eigenvalue weighted by molar-refractivity contribution is -0.131. The molecule has 1 aromatic heterocycles. The van der Waals surface area contributed by atoms with Gasteiger partial charge in [-0.15, -0.1) is 10.2 Å². The average molecular weight is 430 g/mol. The summed E-state index contributed by atoms with van der Waals surface area (Å²) >= 11 is 4.72. The number of aromatic nitrogens is 2. The number of amides is 1. The molecule has 28 heavy (non-hydrogen) atoms. The maximum atomic E-state index is 13.2. The van der Waals surface area contributed by atoms with Crippen LogP contribution in [-0.2, 0) is 17.9 Å². The van der Waals surface area contributed by atoms with Gasteiger partial charge in [0.25, 0.3) is 0 Å². The number of nitrogens with zero attached hydrogens (tertiary/aromatic N) is 3. The Hall–Kier alpha value is -1.83. The molecule has 0 saturated carbocycles. The molecular formula is C21H23N3OS3. The van der Waals surface area contributed by atoms with Crippen LogP contribution in [0.15, 0.2) is 69.3 Å². The van der Waals surface area contributed by atoms with Gasteiger partial charge in [-0.1, -0.05) is 102 Å². The number of hydrogen-bond acceptors (Lipinski definition) is 6. The van der Waals surface area contributed by atoms with E-state index < -0.39 is 0 Å². The lowest BCUT2D eigenvalue weighted by Crippen LogP contribution is -2.35. The maximum Gasteiger partial charge on any atom is 0.236 e. The van der Waals surface area contributed by atoms with Crippen LogP contribution in [0.3, 0.4) is 0 Å². The van der Waals surface area contributed by atoms with E-state index in [1.807, 2.05) is 48.2 Å². The van der Waals surface area contributed by atoms with E-state index in [1.54, 1.807) is 23.1 Å². The van der Waals surface area contributed by atoms with Crippen molar-refractivity contribution in [1.29, 1.82) is 0 Å². The summed E-state index contributed by atoms with van der Waals surface area (Å²) in [6.07, 6.45) is 0. The molecule has 3 aromatic rings. The first-order chi connectivity index (χ1) is 13.7. The van der Waals surface area contributed by atoms with Gasteiger partial charge in [0.05, 0.1) is 5.25 Å². The predicted octanol–water partition coefficient (Wildman–Crippen LogP) is 5.36. The molecule has 146 valence electrons. The van der Waals surface area contributed by atoms with Crippen molar-refractivity contribution in [3.63, 3.8) is 0 Å². The molecular weight excluding hydrogens is 406 g/mol. The van der Waals surface area contributed by atoms with Crippen LogP contribution in [0.25, 0.3) is 0 Å². The van der Waals surface area contributed by atoms with Gasteiger partial charge in [-0.2, -0.15) is 0 Å². The third-order valence-electron chi connectivity index (χ3n) is 4.03. The van der Waals surface area contributed by atoms with Gasteiger partial charge >= 0.3 is 0 Å². The molecule has 1 atom stereocenters. The van der Waals surface area contributed by atoms with E-state index in [2.05, 4.69) is 41.4 Å². The van der Waals surface area contributed by atoms with E-state index in [0.29, 0.717) is 13.1 Å². The van der Waals surface area contributed by atoms with Crippen molar-refractivity contribution in [2.45, 2.75) is 40.9 Å². The first-order valence-corrected chi connectivity index (χ1v) is 11.8. The van der Waals surface area contributed by atoms with Gasteiger partial charge in [-0.05, 0) is 23.8 Å². The van der Waals surface area contributed by atoms with Crippen molar-refractivity contribution in [1.82, 2.24) is 15.1 Å².